The van der Waals surface area contributed by atoms with E-state index in [9.17, 15) is 4.39 Å². The van der Waals surface area contributed by atoms with E-state index in [4.69, 9.17) is 4.42 Å². The Morgan fingerprint density at radius 1 is 0.593 bits per heavy atom. The summed E-state index contributed by atoms with van der Waals surface area (Å²) in [5.74, 6) is 0.406. The Hall–Kier alpha value is -6.25. The molecule has 8 aromatic carbocycles. The van der Waals surface area contributed by atoms with Crippen LogP contribution in [0.2, 0.25) is 0 Å². The van der Waals surface area contributed by atoms with E-state index in [2.05, 4.69) is 172 Å². The van der Waals surface area contributed by atoms with Gasteiger partial charge in [0.1, 0.15) is 17.0 Å². The Bertz CT molecular complexity index is 2970. The first-order valence-corrected chi connectivity index (χ1v) is 21.2. The predicted octanol–water partition coefficient (Wildman–Crippen LogP) is 15.4. The van der Waals surface area contributed by atoms with Gasteiger partial charge in [-0.3, -0.25) is 0 Å². The fourth-order valence-corrected chi connectivity index (χ4v) is 10.4. The second kappa shape index (κ2) is 14.8. The van der Waals surface area contributed by atoms with Gasteiger partial charge in [0.15, 0.2) is 0 Å². The third kappa shape index (κ3) is 6.56. The third-order valence-corrected chi connectivity index (χ3v) is 13.4. The Kier molecular flexibility index (Phi) is 9.32. The molecular formula is C57H49FO. The normalized spacial score (nSPS) is 14.7. The van der Waals surface area contributed by atoms with Crippen LogP contribution in [0.3, 0.4) is 0 Å². The van der Waals surface area contributed by atoms with Gasteiger partial charge in [-0.25, -0.2) is 4.39 Å². The summed E-state index contributed by atoms with van der Waals surface area (Å²) in [6, 6.07) is 61.2. The lowest BCUT2D eigenvalue weighted by Crippen LogP contribution is -2.17. The van der Waals surface area contributed by atoms with Gasteiger partial charge in [0, 0.05) is 22.1 Å². The van der Waals surface area contributed by atoms with Crippen molar-refractivity contribution in [1.82, 2.24) is 0 Å². The lowest BCUT2D eigenvalue weighted by Gasteiger charge is -2.28. The van der Waals surface area contributed by atoms with Crippen molar-refractivity contribution < 1.29 is 8.81 Å². The van der Waals surface area contributed by atoms with Crippen molar-refractivity contribution in [3.8, 4) is 11.1 Å². The van der Waals surface area contributed by atoms with Gasteiger partial charge in [0.25, 0.3) is 0 Å². The van der Waals surface area contributed by atoms with Crippen LogP contribution in [0.25, 0.3) is 43.8 Å². The van der Waals surface area contributed by atoms with Gasteiger partial charge < -0.3 is 4.42 Å². The second-order valence-electron chi connectivity index (χ2n) is 17.4. The zero-order valence-corrected chi connectivity index (χ0v) is 34.3. The van der Waals surface area contributed by atoms with Gasteiger partial charge in [-0.05, 0) is 128 Å². The summed E-state index contributed by atoms with van der Waals surface area (Å²) in [6.45, 7) is 9.15. The van der Waals surface area contributed by atoms with E-state index in [1.807, 2.05) is 13.0 Å². The van der Waals surface area contributed by atoms with Gasteiger partial charge in [-0.2, -0.15) is 0 Å². The maximum Gasteiger partial charge on any atom is 0.138 e. The van der Waals surface area contributed by atoms with Gasteiger partial charge in [0.05, 0.1) is 0 Å². The van der Waals surface area contributed by atoms with Crippen LogP contribution < -0.4 is 0 Å². The fraction of sp³-hybridized carbons (Fsp3) is 0.193. The van der Waals surface area contributed by atoms with Crippen molar-refractivity contribution in [3.63, 3.8) is 0 Å². The predicted molar refractivity (Wildman–Crippen MR) is 244 cm³/mol. The Labute approximate surface area is 347 Å². The van der Waals surface area contributed by atoms with Crippen LogP contribution in [0, 0.1) is 12.7 Å². The van der Waals surface area contributed by atoms with Crippen molar-refractivity contribution in [2.75, 3.05) is 0 Å². The highest BCUT2D eigenvalue weighted by molar-refractivity contribution is 6.06. The maximum atomic E-state index is 14.7. The van der Waals surface area contributed by atoms with E-state index in [0.717, 1.165) is 41.6 Å². The largest absolute Gasteiger partial charge is 0.456 e. The molecule has 9 aromatic rings. The molecule has 0 fully saturated rings. The molecule has 0 radical (unpaired) electrons. The minimum atomic E-state index is -0.220. The average molecular weight is 769 g/mol. The zero-order valence-electron chi connectivity index (χ0n) is 34.3. The highest BCUT2D eigenvalue weighted by Crippen LogP contribution is 2.54. The lowest BCUT2D eigenvalue weighted by atomic mass is 9.75. The molecule has 0 saturated carbocycles. The van der Waals surface area contributed by atoms with Gasteiger partial charge in [-0.1, -0.05) is 172 Å². The number of rotatable bonds is 10. The molecule has 1 nitrogen and oxygen atoms in total. The van der Waals surface area contributed by atoms with Gasteiger partial charge >= 0.3 is 0 Å². The van der Waals surface area contributed by atoms with Gasteiger partial charge in [0.2, 0.25) is 0 Å². The van der Waals surface area contributed by atoms with Crippen molar-refractivity contribution >= 4 is 32.7 Å². The number of furan rings is 1. The lowest BCUT2D eigenvalue weighted by molar-refractivity contribution is 0.565. The monoisotopic (exact) mass is 768 g/mol. The molecule has 0 saturated heterocycles. The highest BCUT2D eigenvalue weighted by Gasteiger charge is 2.39. The number of benzene rings is 8. The number of aryl methyl sites for hydroxylation is 2. The van der Waals surface area contributed by atoms with Crippen molar-refractivity contribution in [2.45, 2.75) is 70.1 Å². The average Bonchev–Trinajstić information content (AvgIpc) is 3.75. The van der Waals surface area contributed by atoms with Crippen LogP contribution in [0.5, 0.6) is 0 Å². The first kappa shape index (κ1) is 37.0. The second-order valence-corrected chi connectivity index (χ2v) is 17.4. The Morgan fingerprint density at radius 3 is 2.03 bits per heavy atom. The Morgan fingerprint density at radius 2 is 1.27 bits per heavy atom. The molecule has 290 valence electrons. The van der Waals surface area contributed by atoms with E-state index in [0.29, 0.717) is 0 Å². The van der Waals surface area contributed by atoms with E-state index in [-0.39, 0.29) is 29.0 Å². The number of halogens is 1. The van der Waals surface area contributed by atoms with E-state index < -0.39 is 0 Å². The SMILES string of the molecule is Cc1cc(F)cc(CC(c2ccccc2)C(C)c2ccc3c(c2)C(C)(C)c2cc(C(CCc4cccc5c4oc4ccccc45)c4ccccc4)c4ccccc4c2-3)c1. The number of hydrogen-bond acceptors (Lipinski definition) is 1. The Balaban J connectivity index is 1.06. The van der Waals surface area contributed by atoms with Crippen LogP contribution in [0.1, 0.15) is 95.0 Å². The topological polar surface area (TPSA) is 13.1 Å². The van der Waals surface area contributed by atoms with Crippen LogP contribution in [0.15, 0.2) is 174 Å². The first-order chi connectivity index (χ1) is 28.7. The summed E-state index contributed by atoms with van der Waals surface area (Å²) in [7, 11) is 0. The minimum absolute atomic E-state index is 0.166. The fourth-order valence-electron chi connectivity index (χ4n) is 10.4. The molecule has 1 aliphatic rings. The summed E-state index contributed by atoms with van der Waals surface area (Å²) in [6.07, 6.45) is 2.61. The van der Waals surface area contributed by atoms with Gasteiger partial charge in [-0.15, -0.1) is 0 Å². The van der Waals surface area contributed by atoms with Crippen LogP contribution in [-0.2, 0) is 18.3 Å². The maximum absolute atomic E-state index is 14.7. The smallest absolute Gasteiger partial charge is 0.138 e. The van der Waals surface area contributed by atoms with Crippen LogP contribution in [-0.4, -0.2) is 0 Å². The number of fused-ring (bicyclic) bond motifs is 8. The molecule has 3 atom stereocenters. The molecule has 1 heterocycles. The molecule has 1 aromatic heterocycles. The van der Waals surface area contributed by atoms with E-state index >= 15 is 0 Å². The van der Waals surface area contributed by atoms with Crippen molar-refractivity contribution in [1.29, 1.82) is 0 Å². The summed E-state index contributed by atoms with van der Waals surface area (Å²) in [5.41, 5.74) is 15.7. The standard InChI is InChI=1S/C57H49FO/c1-36-30-38(32-43(58)31-36)33-50(40-18-9-6-10-19-40)37(2)42-27-29-49-52(34-42)57(3,4)53-35-51(45-21-11-12-23-47(45)55(49)53)44(39-16-7-5-8-17-39)28-26-41-20-15-24-48-46-22-13-14-25-54(46)59-56(41)48/h5-25,27,29-32,34-35,37,44,50H,26,28,33H2,1-4H3. The molecular weight excluding hydrogens is 720 g/mol. The molecule has 59 heavy (non-hydrogen) atoms. The summed E-state index contributed by atoms with van der Waals surface area (Å²) in [4.78, 5) is 0. The first-order valence-electron chi connectivity index (χ1n) is 21.2. The quantitative estimate of drug-likeness (QED) is 0.135. The molecule has 0 aliphatic heterocycles. The number of para-hydroxylation sites is 2. The molecule has 2 heteroatoms. The van der Waals surface area contributed by atoms with Crippen molar-refractivity contribution in [3.05, 3.63) is 226 Å². The molecule has 0 bridgehead atoms. The molecule has 10 rings (SSSR count). The van der Waals surface area contributed by atoms with E-state index in [1.54, 1.807) is 12.1 Å². The molecule has 0 N–H and O–H groups in total. The molecule has 0 amide bonds. The molecule has 1 aliphatic carbocycles. The van der Waals surface area contributed by atoms with Crippen LogP contribution in [0.4, 0.5) is 4.39 Å². The zero-order chi connectivity index (χ0) is 40.3. The summed E-state index contributed by atoms with van der Waals surface area (Å²) >= 11 is 0. The minimum Gasteiger partial charge on any atom is -0.456 e. The summed E-state index contributed by atoms with van der Waals surface area (Å²) < 4.78 is 21.2. The highest BCUT2D eigenvalue weighted by atomic mass is 19.1. The molecule has 0 spiro atoms. The third-order valence-electron chi connectivity index (χ3n) is 13.4. The number of hydrogen-bond donors (Lipinski definition) is 0. The van der Waals surface area contributed by atoms with Crippen molar-refractivity contribution in [2.24, 2.45) is 0 Å². The molecule has 3 unspecified atom stereocenters. The van der Waals surface area contributed by atoms with E-state index in [1.165, 1.54) is 71.6 Å². The van der Waals surface area contributed by atoms with Crippen LogP contribution >= 0.6 is 0 Å². The summed E-state index contributed by atoms with van der Waals surface area (Å²) in [5, 5.41) is 4.99.